The lowest BCUT2D eigenvalue weighted by molar-refractivity contribution is -0.113. The Morgan fingerprint density at radius 1 is 0.900 bits per heavy atom. The molecule has 2 heteroatoms. The second kappa shape index (κ2) is 4.35. The molecule has 0 aliphatic heterocycles. The van der Waals surface area contributed by atoms with E-state index in [-0.39, 0.29) is 11.5 Å². The first-order valence-electron chi connectivity index (χ1n) is 6.84. The highest BCUT2D eigenvalue weighted by Gasteiger charge is 2.38. The predicted octanol–water partition coefficient (Wildman–Crippen LogP) is 3.52. The Bertz CT molecular complexity index is 723. The maximum Gasteiger partial charge on any atom is 0.172 e. The Morgan fingerprint density at radius 3 is 2.40 bits per heavy atom. The Labute approximate surface area is 123 Å². The van der Waals surface area contributed by atoms with Gasteiger partial charge in [-0.25, -0.2) is 0 Å². The van der Waals surface area contributed by atoms with Gasteiger partial charge in [0.25, 0.3) is 0 Å². The van der Waals surface area contributed by atoms with E-state index in [0.717, 1.165) is 11.1 Å². The lowest BCUT2D eigenvalue weighted by atomic mass is 9.63. The number of allylic oxidation sites excluding steroid dienone is 14. The highest BCUT2D eigenvalue weighted by molar-refractivity contribution is 7.81. The average molecular weight is 278 g/mol. The lowest BCUT2D eigenvalue weighted by Crippen LogP contribution is -2.30. The SMILES string of the molecule is O=C(CS)C1=C2C=CC3=CC=CC4=CC=C(C=C1)C2C34. The zero-order chi connectivity index (χ0) is 13.7. The minimum Gasteiger partial charge on any atom is -0.293 e. The second-order valence-corrected chi connectivity index (χ2v) is 5.75. The number of carbonyl (C=O) groups is 1. The van der Waals surface area contributed by atoms with Crippen LogP contribution in [0.4, 0.5) is 0 Å². The summed E-state index contributed by atoms with van der Waals surface area (Å²) in [6.07, 6.45) is 19.2. The van der Waals surface area contributed by atoms with Crippen LogP contribution >= 0.6 is 12.6 Å². The van der Waals surface area contributed by atoms with Crippen LogP contribution in [-0.4, -0.2) is 11.5 Å². The largest absolute Gasteiger partial charge is 0.293 e. The fourth-order valence-electron chi connectivity index (χ4n) is 3.54. The molecule has 0 aromatic rings. The normalized spacial score (nSPS) is 28.8. The average Bonchev–Trinajstić information content (AvgIpc) is 2.51. The molecule has 0 heterocycles. The first-order valence-corrected chi connectivity index (χ1v) is 7.47. The Hall–Kier alpha value is -1.80. The number of hydrogen-bond acceptors (Lipinski definition) is 2. The Kier molecular flexibility index (Phi) is 2.61. The zero-order valence-electron chi connectivity index (χ0n) is 10.9. The standard InChI is InChI=1S/C18H14OS/c19-16(10-20)14-8-6-13-5-4-11-2-1-3-12-7-9-15(14)18(13)17(11)12/h1-9,17-18,20H,10H2. The van der Waals surface area contributed by atoms with Gasteiger partial charge < -0.3 is 0 Å². The van der Waals surface area contributed by atoms with Gasteiger partial charge >= 0.3 is 0 Å². The molecule has 4 rings (SSSR count). The van der Waals surface area contributed by atoms with Gasteiger partial charge in [0.1, 0.15) is 0 Å². The van der Waals surface area contributed by atoms with Crippen LogP contribution in [0.5, 0.6) is 0 Å². The molecule has 2 unspecified atom stereocenters. The molecule has 98 valence electrons. The number of ketones is 1. The molecule has 0 radical (unpaired) electrons. The predicted molar refractivity (Wildman–Crippen MR) is 84.5 cm³/mol. The molecule has 20 heavy (non-hydrogen) atoms. The maximum absolute atomic E-state index is 12.1. The molecule has 0 N–H and O–H groups in total. The Balaban J connectivity index is 1.95. The number of thiol groups is 1. The van der Waals surface area contributed by atoms with Crippen molar-refractivity contribution >= 4 is 18.4 Å². The van der Waals surface area contributed by atoms with E-state index < -0.39 is 0 Å². The van der Waals surface area contributed by atoms with Crippen LogP contribution in [0.3, 0.4) is 0 Å². The molecule has 1 nitrogen and oxygen atoms in total. The van der Waals surface area contributed by atoms with Crippen molar-refractivity contribution in [3.05, 3.63) is 82.5 Å². The van der Waals surface area contributed by atoms with E-state index in [0.29, 0.717) is 11.8 Å². The summed E-state index contributed by atoms with van der Waals surface area (Å²) in [6, 6.07) is 0. The van der Waals surface area contributed by atoms with Crippen LogP contribution in [0.15, 0.2) is 82.5 Å². The van der Waals surface area contributed by atoms with Crippen LogP contribution in [0.1, 0.15) is 0 Å². The number of rotatable bonds is 2. The van der Waals surface area contributed by atoms with E-state index in [9.17, 15) is 4.79 Å². The van der Waals surface area contributed by atoms with Gasteiger partial charge in [0, 0.05) is 17.4 Å². The molecule has 0 saturated carbocycles. The highest BCUT2D eigenvalue weighted by atomic mass is 32.1. The van der Waals surface area contributed by atoms with Crippen molar-refractivity contribution in [1.29, 1.82) is 0 Å². The van der Waals surface area contributed by atoms with Gasteiger partial charge in [-0.15, -0.1) is 0 Å². The second-order valence-electron chi connectivity index (χ2n) is 5.43. The fourth-order valence-corrected chi connectivity index (χ4v) is 3.71. The smallest absolute Gasteiger partial charge is 0.172 e. The summed E-state index contributed by atoms with van der Waals surface area (Å²) in [7, 11) is 0. The molecule has 0 aromatic heterocycles. The van der Waals surface area contributed by atoms with Crippen LogP contribution in [0, 0.1) is 11.8 Å². The van der Waals surface area contributed by atoms with Crippen LogP contribution in [-0.2, 0) is 4.79 Å². The summed E-state index contributed by atoms with van der Waals surface area (Å²) >= 11 is 4.14. The van der Waals surface area contributed by atoms with Crippen molar-refractivity contribution in [2.45, 2.75) is 0 Å². The summed E-state index contributed by atoms with van der Waals surface area (Å²) in [4.78, 5) is 12.1. The molecule has 0 saturated heterocycles. The Morgan fingerprint density at radius 2 is 1.60 bits per heavy atom. The molecular weight excluding hydrogens is 264 g/mol. The summed E-state index contributed by atoms with van der Waals surface area (Å²) in [5.74, 6) is 1.03. The number of carbonyl (C=O) groups excluding carboxylic acids is 1. The fraction of sp³-hybridized carbons (Fsp3) is 0.167. The van der Waals surface area contributed by atoms with Crippen molar-refractivity contribution in [3.8, 4) is 0 Å². The number of Topliss-reactive ketones (excluding diaryl/α,β-unsaturated/α-hetero) is 1. The molecular formula is C18H14OS. The van der Waals surface area contributed by atoms with Crippen LogP contribution < -0.4 is 0 Å². The van der Waals surface area contributed by atoms with E-state index in [1.807, 2.05) is 6.08 Å². The van der Waals surface area contributed by atoms with E-state index in [1.54, 1.807) is 0 Å². The third-order valence-corrected chi connectivity index (χ3v) is 4.73. The monoisotopic (exact) mass is 278 g/mol. The lowest BCUT2D eigenvalue weighted by Gasteiger charge is -2.40. The first kappa shape index (κ1) is 12.0. The summed E-state index contributed by atoms with van der Waals surface area (Å²) < 4.78 is 0. The van der Waals surface area contributed by atoms with E-state index in [2.05, 4.69) is 61.2 Å². The van der Waals surface area contributed by atoms with Gasteiger partial charge in [-0.05, 0) is 22.3 Å². The number of hydrogen-bond donors (Lipinski definition) is 1. The maximum atomic E-state index is 12.1. The molecule has 0 aromatic carbocycles. The van der Waals surface area contributed by atoms with Crippen molar-refractivity contribution < 1.29 is 4.79 Å². The van der Waals surface area contributed by atoms with Crippen molar-refractivity contribution in [3.63, 3.8) is 0 Å². The highest BCUT2D eigenvalue weighted by Crippen LogP contribution is 2.49. The topological polar surface area (TPSA) is 17.1 Å². The molecule has 0 amide bonds. The summed E-state index contributed by atoms with van der Waals surface area (Å²) in [5.41, 5.74) is 5.96. The first-order chi connectivity index (χ1) is 9.79. The van der Waals surface area contributed by atoms with Crippen LogP contribution in [0.25, 0.3) is 0 Å². The molecule has 4 aliphatic rings. The molecule has 0 spiro atoms. The van der Waals surface area contributed by atoms with Crippen LogP contribution in [0.2, 0.25) is 0 Å². The van der Waals surface area contributed by atoms with Crippen molar-refractivity contribution in [2.75, 3.05) is 5.75 Å². The quantitative estimate of drug-likeness (QED) is 0.765. The van der Waals surface area contributed by atoms with Crippen molar-refractivity contribution in [2.24, 2.45) is 11.8 Å². The van der Waals surface area contributed by atoms with Gasteiger partial charge in [-0.1, -0.05) is 54.7 Å². The van der Waals surface area contributed by atoms with Gasteiger partial charge in [-0.2, -0.15) is 12.6 Å². The molecule has 2 atom stereocenters. The third kappa shape index (κ3) is 1.55. The molecule has 4 aliphatic carbocycles. The molecule has 0 bridgehead atoms. The minimum absolute atomic E-state index is 0.109. The van der Waals surface area contributed by atoms with Gasteiger partial charge in [-0.3, -0.25) is 4.79 Å². The third-order valence-electron chi connectivity index (χ3n) is 4.44. The minimum atomic E-state index is 0.109. The van der Waals surface area contributed by atoms with Crippen molar-refractivity contribution in [1.82, 2.24) is 0 Å². The van der Waals surface area contributed by atoms with Gasteiger partial charge in [0.2, 0.25) is 0 Å². The summed E-state index contributed by atoms with van der Waals surface area (Å²) in [5, 5.41) is 0. The van der Waals surface area contributed by atoms with E-state index in [4.69, 9.17) is 0 Å². The van der Waals surface area contributed by atoms with Gasteiger partial charge in [0.05, 0.1) is 5.75 Å². The molecule has 0 fully saturated rings. The summed E-state index contributed by atoms with van der Waals surface area (Å²) in [6.45, 7) is 0. The van der Waals surface area contributed by atoms with Gasteiger partial charge in [0.15, 0.2) is 5.78 Å². The van der Waals surface area contributed by atoms with E-state index >= 15 is 0 Å². The zero-order valence-corrected chi connectivity index (χ0v) is 11.8. The van der Waals surface area contributed by atoms with E-state index in [1.165, 1.54) is 16.7 Å².